The van der Waals surface area contributed by atoms with E-state index in [1.165, 1.54) is 0 Å². The van der Waals surface area contributed by atoms with E-state index in [2.05, 4.69) is 30.6 Å². The van der Waals surface area contributed by atoms with Crippen LogP contribution in [-0.4, -0.2) is 59.8 Å². The fraction of sp³-hybridized carbons (Fsp3) is 0.714. The molecule has 2 fully saturated rings. The highest BCUT2D eigenvalue weighted by Crippen LogP contribution is 2.36. The van der Waals surface area contributed by atoms with Crippen molar-refractivity contribution < 1.29 is 13.7 Å². The average molecular weight is 376 g/mol. The summed E-state index contributed by atoms with van der Waals surface area (Å²) < 4.78 is 26.8. The molecule has 27 heavy (non-hydrogen) atoms. The highest BCUT2D eigenvalue weighted by Gasteiger charge is 2.52. The van der Waals surface area contributed by atoms with Crippen molar-refractivity contribution in [2.24, 2.45) is 0 Å². The topological polar surface area (TPSA) is 24.9 Å². The predicted molar refractivity (Wildman–Crippen MR) is 109 cm³/mol. The Morgan fingerprint density at radius 3 is 2.11 bits per heavy atom. The molecule has 1 aromatic rings. The summed E-state index contributed by atoms with van der Waals surface area (Å²) in [5.74, 6) is -0.251. The molecule has 3 rings (SSSR count). The Morgan fingerprint density at radius 2 is 1.63 bits per heavy atom. The van der Waals surface area contributed by atoms with Crippen LogP contribution in [0.1, 0.15) is 54.0 Å². The molecule has 2 saturated heterocycles. The van der Waals surface area contributed by atoms with Crippen LogP contribution in [0.3, 0.4) is 0 Å². The van der Waals surface area contributed by atoms with Crippen molar-refractivity contribution in [1.82, 2.24) is 9.80 Å². The summed E-state index contributed by atoms with van der Waals surface area (Å²) in [6.45, 7) is 18.6. The maximum Gasteiger partial charge on any atom is 0.497 e. The number of hydrogen-bond acceptors (Lipinski definition) is 4. The average Bonchev–Trinajstić information content (AvgIpc) is 2.75. The van der Waals surface area contributed by atoms with Crippen molar-refractivity contribution in [3.05, 3.63) is 29.6 Å². The van der Waals surface area contributed by atoms with Gasteiger partial charge in [0.05, 0.1) is 11.2 Å². The highest BCUT2D eigenvalue weighted by molar-refractivity contribution is 6.62. The smallest absolute Gasteiger partial charge is 0.399 e. The van der Waals surface area contributed by atoms with Gasteiger partial charge in [-0.3, -0.25) is 9.80 Å². The molecule has 2 heterocycles. The number of rotatable bonds is 4. The van der Waals surface area contributed by atoms with E-state index < -0.39 is 18.3 Å². The van der Waals surface area contributed by atoms with Crippen LogP contribution in [0.25, 0.3) is 0 Å². The van der Waals surface area contributed by atoms with Crippen molar-refractivity contribution in [2.75, 3.05) is 19.6 Å². The van der Waals surface area contributed by atoms with Gasteiger partial charge in [0.2, 0.25) is 0 Å². The van der Waals surface area contributed by atoms with Gasteiger partial charge in [-0.25, -0.2) is 4.39 Å². The van der Waals surface area contributed by atoms with Gasteiger partial charge >= 0.3 is 7.12 Å². The normalized spacial score (nSPS) is 28.7. The van der Waals surface area contributed by atoms with Crippen molar-refractivity contribution in [3.63, 3.8) is 0 Å². The maximum atomic E-state index is 14.8. The molecular formula is C21H34BFN2O2. The Hall–Kier alpha value is -0.945. The molecule has 0 amide bonds. The summed E-state index contributed by atoms with van der Waals surface area (Å²) >= 11 is 0. The van der Waals surface area contributed by atoms with Gasteiger partial charge in [0, 0.05) is 37.2 Å². The van der Waals surface area contributed by atoms with Crippen LogP contribution in [-0.2, 0) is 15.9 Å². The van der Waals surface area contributed by atoms with E-state index in [1.807, 2.05) is 39.8 Å². The van der Waals surface area contributed by atoms with Gasteiger partial charge in [0.15, 0.2) is 0 Å². The summed E-state index contributed by atoms with van der Waals surface area (Å²) in [4.78, 5) is 4.95. The summed E-state index contributed by atoms with van der Waals surface area (Å²) in [5, 5.41) is 0. The lowest BCUT2D eigenvalue weighted by atomic mass is 9.78. The third-order valence-corrected chi connectivity index (χ3v) is 6.52. The lowest BCUT2D eigenvalue weighted by molar-refractivity contribution is 0.00578. The van der Waals surface area contributed by atoms with Crippen molar-refractivity contribution >= 4 is 12.6 Å². The van der Waals surface area contributed by atoms with E-state index in [-0.39, 0.29) is 5.82 Å². The van der Waals surface area contributed by atoms with E-state index in [4.69, 9.17) is 9.31 Å². The minimum atomic E-state index is -0.655. The molecule has 0 spiro atoms. The fourth-order valence-corrected chi connectivity index (χ4v) is 4.31. The molecule has 2 atom stereocenters. The van der Waals surface area contributed by atoms with Crippen LogP contribution >= 0.6 is 0 Å². The predicted octanol–water partition coefficient (Wildman–Crippen LogP) is 3.04. The molecule has 1 aromatic carbocycles. The molecule has 0 unspecified atom stereocenters. The Balaban J connectivity index is 1.69. The van der Waals surface area contributed by atoms with Crippen molar-refractivity contribution in [2.45, 2.75) is 78.3 Å². The molecule has 4 nitrogen and oxygen atoms in total. The molecule has 0 saturated carbocycles. The molecule has 6 heteroatoms. The highest BCUT2D eigenvalue weighted by atomic mass is 19.1. The zero-order valence-corrected chi connectivity index (χ0v) is 17.9. The summed E-state index contributed by atoms with van der Waals surface area (Å²) in [6.07, 6.45) is 0. The number of piperazine rings is 1. The Bertz CT molecular complexity index is 654. The van der Waals surface area contributed by atoms with E-state index in [0.717, 1.165) is 31.7 Å². The summed E-state index contributed by atoms with van der Waals surface area (Å²) in [7, 11) is -0.655. The number of nitrogens with zero attached hydrogens (tertiary/aromatic N) is 2. The van der Waals surface area contributed by atoms with Crippen LogP contribution in [0.5, 0.6) is 0 Å². The molecule has 0 radical (unpaired) electrons. The van der Waals surface area contributed by atoms with Gasteiger partial charge in [-0.1, -0.05) is 19.1 Å². The van der Waals surface area contributed by atoms with Gasteiger partial charge in [-0.15, -0.1) is 0 Å². The molecule has 150 valence electrons. The van der Waals surface area contributed by atoms with E-state index in [0.29, 0.717) is 17.5 Å². The zero-order chi connectivity index (χ0) is 20.0. The molecule has 2 aliphatic rings. The van der Waals surface area contributed by atoms with E-state index >= 15 is 0 Å². The van der Waals surface area contributed by atoms with Gasteiger partial charge in [-0.2, -0.15) is 0 Å². The maximum absolute atomic E-state index is 14.8. The number of benzene rings is 1. The Labute approximate surface area is 164 Å². The van der Waals surface area contributed by atoms with Crippen LogP contribution in [0.4, 0.5) is 4.39 Å². The second-order valence-corrected chi connectivity index (χ2v) is 9.17. The van der Waals surface area contributed by atoms with E-state index in [9.17, 15) is 4.39 Å². The lowest BCUT2D eigenvalue weighted by Gasteiger charge is -2.44. The third kappa shape index (κ3) is 4.09. The number of hydrogen-bond donors (Lipinski definition) is 0. The standard InChI is InChI=1S/C21H34BFN2O2/c1-8-25-15(2)12-24(13-16(25)3)14-17-9-10-18(19(23)11-17)22-26-20(4,5)21(6,7)27-22/h9-11,15-16H,8,12-14H2,1-7H3/t15-,16+. The van der Waals surface area contributed by atoms with Gasteiger partial charge in [0.1, 0.15) is 5.82 Å². The van der Waals surface area contributed by atoms with Crippen LogP contribution in [0, 0.1) is 5.82 Å². The van der Waals surface area contributed by atoms with Crippen molar-refractivity contribution in [1.29, 1.82) is 0 Å². The third-order valence-electron chi connectivity index (χ3n) is 6.52. The zero-order valence-electron chi connectivity index (χ0n) is 17.9. The van der Waals surface area contributed by atoms with Gasteiger partial charge in [0.25, 0.3) is 0 Å². The first-order chi connectivity index (χ1) is 12.5. The number of halogens is 1. The largest absolute Gasteiger partial charge is 0.497 e. The van der Waals surface area contributed by atoms with Gasteiger partial charge in [-0.05, 0) is 59.7 Å². The fourth-order valence-electron chi connectivity index (χ4n) is 4.31. The minimum Gasteiger partial charge on any atom is -0.399 e. The summed E-state index contributed by atoms with van der Waals surface area (Å²) in [6, 6.07) is 6.51. The van der Waals surface area contributed by atoms with Crippen LogP contribution in [0.2, 0.25) is 0 Å². The minimum absolute atomic E-state index is 0.251. The first-order valence-electron chi connectivity index (χ1n) is 10.2. The first kappa shape index (κ1) is 20.8. The monoisotopic (exact) mass is 376 g/mol. The molecule has 0 aromatic heterocycles. The van der Waals surface area contributed by atoms with Crippen LogP contribution < -0.4 is 5.46 Å². The van der Waals surface area contributed by atoms with Crippen LogP contribution in [0.15, 0.2) is 18.2 Å². The number of likely N-dealkylation sites (N-methyl/N-ethyl adjacent to an activating group) is 1. The quantitative estimate of drug-likeness (QED) is 0.755. The molecule has 2 aliphatic heterocycles. The second kappa shape index (κ2) is 7.47. The van der Waals surface area contributed by atoms with E-state index in [1.54, 1.807) is 6.07 Å². The Kier molecular flexibility index (Phi) is 5.75. The van der Waals surface area contributed by atoms with Gasteiger partial charge < -0.3 is 9.31 Å². The summed E-state index contributed by atoms with van der Waals surface area (Å²) in [5.41, 5.74) is 0.550. The van der Waals surface area contributed by atoms with Crippen molar-refractivity contribution in [3.8, 4) is 0 Å². The SMILES string of the molecule is CCN1[C@H](C)CN(Cc2ccc(B3OC(C)(C)C(C)(C)O3)c(F)c2)C[C@@H]1C. The molecule has 0 bridgehead atoms. The first-order valence-corrected chi connectivity index (χ1v) is 10.2. The molecule has 0 aliphatic carbocycles. The molecule has 0 N–H and O–H groups in total. The second-order valence-electron chi connectivity index (χ2n) is 9.17. The Morgan fingerprint density at radius 1 is 1.07 bits per heavy atom. The molecular weight excluding hydrogens is 342 g/mol. The lowest BCUT2D eigenvalue weighted by Crippen LogP contribution is -2.56.